The van der Waals surface area contributed by atoms with Crippen LogP contribution in [0.15, 0.2) is 41.3 Å². The quantitative estimate of drug-likeness (QED) is 0.803. The lowest BCUT2D eigenvalue weighted by molar-refractivity contribution is 0.00578. The lowest BCUT2D eigenvalue weighted by atomic mass is 9.76. The Bertz CT molecular complexity index is 788. The zero-order chi connectivity index (χ0) is 17.7. The van der Waals surface area contributed by atoms with E-state index in [1.807, 2.05) is 78.2 Å². The van der Waals surface area contributed by atoms with Gasteiger partial charge in [-0.25, -0.2) is 8.51 Å². The van der Waals surface area contributed by atoms with Gasteiger partial charge in [0, 0.05) is 0 Å². The molecule has 1 atom stereocenters. The van der Waals surface area contributed by atoms with Crippen molar-refractivity contribution in [1.29, 1.82) is 0 Å². The number of hydrogen-bond donors (Lipinski definition) is 0. The van der Waals surface area contributed by atoms with E-state index in [2.05, 4.69) is 0 Å². The van der Waals surface area contributed by atoms with Crippen LogP contribution in [0.25, 0.3) is 10.8 Å². The summed E-state index contributed by atoms with van der Waals surface area (Å²) in [5, 5.41) is 1.99. The third-order valence-corrected chi connectivity index (χ3v) is 6.34. The molecule has 0 aromatic heterocycles. The van der Waals surface area contributed by atoms with Gasteiger partial charge in [0.25, 0.3) is 0 Å². The van der Waals surface area contributed by atoms with E-state index in [-0.39, 0.29) is 11.2 Å². The summed E-state index contributed by atoms with van der Waals surface area (Å²) in [5.41, 5.74) is 0.206. The van der Waals surface area contributed by atoms with Crippen LogP contribution in [-0.4, -0.2) is 40.9 Å². The number of benzene rings is 2. The maximum atomic E-state index is 12.6. The molecular formula is C18H24BNO3S. The number of nitrogens with zero attached hydrogens (tertiary/aromatic N) is 1. The lowest BCUT2D eigenvalue weighted by Gasteiger charge is -2.32. The van der Waals surface area contributed by atoms with Crippen LogP contribution in [0.1, 0.15) is 27.7 Å². The first kappa shape index (κ1) is 17.6. The molecule has 6 heteroatoms. The molecule has 128 valence electrons. The first-order chi connectivity index (χ1) is 11.1. The van der Waals surface area contributed by atoms with E-state index in [9.17, 15) is 4.21 Å². The third kappa shape index (κ3) is 2.82. The largest absolute Gasteiger partial charge is 0.495 e. The molecule has 0 amide bonds. The van der Waals surface area contributed by atoms with E-state index in [1.165, 1.54) is 0 Å². The Hall–Kier alpha value is -1.21. The van der Waals surface area contributed by atoms with Crippen LogP contribution in [0, 0.1) is 0 Å². The Morgan fingerprint density at radius 2 is 1.46 bits per heavy atom. The molecule has 0 aliphatic carbocycles. The molecule has 4 nitrogen and oxygen atoms in total. The van der Waals surface area contributed by atoms with Gasteiger partial charge in [0.05, 0.1) is 16.1 Å². The van der Waals surface area contributed by atoms with Crippen molar-refractivity contribution >= 4 is 34.3 Å². The molecule has 0 bridgehead atoms. The van der Waals surface area contributed by atoms with Crippen molar-refractivity contribution in [2.75, 3.05) is 14.1 Å². The lowest BCUT2D eigenvalue weighted by Crippen LogP contribution is -2.41. The normalized spacial score (nSPS) is 20.7. The van der Waals surface area contributed by atoms with Crippen LogP contribution >= 0.6 is 0 Å². The summed E-state index contributed by atoms with van der Waals surface area (Å²) in [6.07, 6.45) is 0. The van der Waals surface area contributed by atoms with Crippen LogP contribution in [0.3, 0.4) is 0 Å². The highest BCUT2D eigenvalue weighted by atomic mass is 32.2. The van der Waals surface area contributed by atoms with Gasteiger partial charge in [-0.15, -0.1) is 0 Å². The van der Waals surface area contributed by atoms with Crippen LogP contribution < -0.4 is 5.46 Å². The summed E-state index contributed by atoms with van der Waals surface area (Å²) in [5.74, 6) is 0. The Kier molecular flexibility index (Phi) is 4.37. The molecule has 24 heavy (non-hydrogen) atoms. The predicted molar refractivity (Wildman–Crippen MR) is 99.8 cm³/mol. The van der Waals surface area contributed by atoms with Crippen molar-refractivity contribution in [2.45, 2.75) is 43.8 Å². The minimum Gasteiger partial charge on any atom is -0.399 e. The number of rotatable bonds is 3. The molecule has 0 saturated carbocycles. The van der Waals surface area contributed by atoms with Gasteiger partial charge in [-0.05, 0) is 64.1 Å². The Morgan fingerprint density at radius 3 is 2.00 bits per heavy atom. The molecule has 2 aromatic rings. The Balaban J connectivity index is 2.12. The van der Waals surface area contributed by atoms with Crippen molar-refractivity contribution in [3.8, 4) is 0 Å². The van der Waals surface area contributed by atoms with E-state index in [1.54, 1.807) is 4.31 Å². The topological polar surface area (TPSA) is 38.8 Å². The van der Waals surface area contributed by atoms with Crippen molar-refractivity contribution < 1.29 is 13.5 Å². The van der Waals surface area contributed by atoms with Crippen molar-refractivity contribution in [3.05, 3.63) is 36.4 Å². The Labute approximate surface area is 146 Å². The summed E-state index contributed by atoms with van der Waals surface area (Å²) in [6.45, 7) is 8.19. The second-order valence-electron chi connectivity index (χ2n) is 7.35. The fraction of sp³-hybridized carbons (Fsp3) is 0.444. The molecule has 1 aliphatic heterocycles. The van der Waals surface area contributed by atoms with Gasteiger partial charge in [0.2, 0.25) is 0 Å². The zero-order valence-corrected chi connectivity index (χ0v) is 15.9. The second-order valence-corrected chi connectivity index (χ2v) is 9.02. The maximum Gasteiger partial charge on any atom is 0.495 e. The van der Waals surface area contributed by atoms with Crippen LogP contribution in [0.4, 0.5) is 0 Å². The van der Waals surface area contributed by atoms with Crippen molar-refractivity contribution in [3.63, 3.8) is 0 Å². The summed E-state index contributed by atoms with van der Waals surface area (Å²) in [4.78, 5) is 0.802. The summed E-state index contributed by atoms with van der Waals surface area (Å²) in [6, 6.07) is 11.9. The third-order valence-electron chi connectivity index (χ3n) is 4.94. The molecule has 1 saturated heterocycles. The summed E-state index contributed by atoms with van der Waals surface area (Å²) >= 11 is 0. The monoisotopic (exact) mass is 345 g/mol. The average molecular weight is 345 g/mol. The molecule has 1 heterocycles. The molecule has 0 radical (unpaired) electrons. The molecule has 1 aliphatic rings. The molecule has 0 spiro atoms. The molecule has 2 aromatic carbocycles. The molecule has 1 fully saturated rings. The van der Waals surface area contributed by atoms with Crippen LogP contribution in [0.2, 0.25) is 0 Å². The minimum atomic E-state index is -1.20. The first-order valence-electron chi connectivity index (χ1n) is 8.10. The summed E-state index contributed by atoms with van der Waals surface area (Å²) in [7, 11) is 2.00. The minimum absolute atomic E-state index is 0.385. The van der Waals surface area contributed by atoms with Crippen molar-refractivity contribution in [1.82, 2.24) is 4.31 Å². The zero-order valence-electron chi connectivity index (χ0n) is 15.1. The molecule has 3 rings (SSSR count). The van der Waals surface area contributed by atoms with E-state index in [0.717, 1.165) is 21.1 Å². The highest BCUT2D eigenvalue weighted by Gasteiger charge is 2.52. The highest BCUT2D eigenvalue weighted by molar-refractivity contribution is 7.82. The van der Waals surface area contributed by atoms with Gasteiger partial charge >= 0.3 is 7.12 Å². The second kappa shape index (κ2) is 5.95. The van der Waals surface area contributed by atoms with E-state index in [4.69, 9.17) is 9.31 Å². The highest BCUT2D eigenvalue weighted by Crippen LogP contribution is 2.37. The van der Waals surface area contributed by atoms with E-state index < -0.39 is 18.1 Å². The standard InChI is InChI=1S/C18H24BNO3S/c1-17(2)18(3,4)23-19(22-17)15-11-12-16(24(21)20(5)6)14-10-8-7-9-13(14)15/h7-12H,1-6H3. The molecular weight excluding hydrogens is 321 g/mol. The average Bonchev–Trinajstić information content (AvgIpc) is 2.73. The number of hydrogen-bond acceptors (Lipinski definition) is 3. The molecule has 0 N–H and O–H groups in total. The van der Waals surface area contributed by atoms with Gasteiger partial charge in [-0.1, -0.05) is 30.3 Å². The Morgan fingerprint density at radius 1 is 0.917 bits per heavy atom. The van der Waals surface area contributed by atoms with Gasteiger partial charge in [-0.2, -0.15) is 0 Å². The van der Waals surface area contributed by atoms with Crippen LogP contribution in [0.5, 0.6) is 0 Å². The van der Waals surface area contributed by atoms with E-state index >= 15 is 0 Å². The number of fused-ring (bicyclic) bond motifs is 1. The SMILES string of the molecule is CN(C)S(=O)c1ccc(B2OC(C)(C)C(C)(C)O2)c2ccccc12. The maximum absolute atomic E-state index is 12.6. The van der Waals surface area contributed by atoms with Gasteiger partial charge in [0.15, 0.2) is 0 Å². The fourth-order valence-electron chi connectivity index (χ4n) is 2.82. The van der Waals surface area contributed by atoms with Gasteiger partial charge < -0.3 is 9.31 Å². The van der Waals surface area contributed by atoms with Gasteiger partial charge in [-0.3, -0.25) is 0 Å². The summed E-state index contributed by atoms with van der Waals surface area (Å²) < 4.78 is 26.7. The fourth-order valence-corrected chi connectivity index (χ4v) is 3.76. The van der Waals surface area contributed by atoms with E-state index in [0.29, 0.717) is 0 Å². The smallest absolute Gasteiger partial charge is 0.399 e. The van der Waals surface area contributed by atoms with Crippen LogP contribution in [-0.2, 0) is 20.3 Å². The predicted octanol–water partition coefficient (Wildman–Crippen LogP) is 2.72. The first-order valence-corrected chi connectivity index (χ1v) is 9.21. The van der Waals surface area contributed by atoms with Crippen molar-refractivity contribution in [2.24, 2.45) is 0 Å². The van der Waals surface area contributed by atoms with Gasteiger partial charge in [0.1, 0.15) is 11.0 Å². The molecule has 1 unspecified atom stereocenters.